The number of aryl methyl sites for hydroxylation is 1. The Kier molecular flexibility index (Phi) is 8.00. The molecule has 186 valence electrons. The van der Waals surface area contributed by atoms with E-state index in [2.05, 4.69) is 23.2 Å². The van der Waals surface area contributed by atoms with Crippen molar-refractivity contribution in [2.45, 2.75) is 32.1 Å². The van der Waals surface area contributed by atoms with Gasteiger partial charge in [0.1, 0.15) is 11.4 Å². The van der Waals surface area contributed by atoms with Crippen LogP contribution in [-0.2, 0) is 11.2 Å². The van der Waals surface area contributed by atoms with Gasteiger partial charge in [-0.2, -0.15) is 0 Å². The van der Waals surface area contributed by atoms with Gasteiger partial charge in [0.15, 0.2) is 0 Å². The lowest BCUT2D eigenvalue weighted by Gasteiger charge is -2.34. The Morgan fingerprint density at radius 1 is 1.11 bits per heavy atom. The van der Waals surface area contributed by atoms with Crippen LogP contribution in [0.25, 0.3) is 6.08 Å². The van der Waals surface area contributed by atoms with Crippen LogP contribution < -0.4 is 15.0 Å². The van der Waals surface area contributed by atoms with Crippen molar-refractivity contribution in [3.05, 3.63) is 99.6 Å². The first kappa shape index (κ1) is 25.0. The average molecular weight is 486 g/mol. The van der Waals surface area contributed by atoms with Gasteiger partial charge in [-0.3, -0.25) is 14.9 Å². The standard InChI is InChI=1S/C29H31N3O4/c1-3-21-8-12-24(13-9-21)30-29(33)15-11-22-10-14-26(27(20-22)32(34)35)31-18-16-23(17-19-31)25-6-4-5-7-28(25)36-2/h4-15,20,23H,3,16-19H2,1-2H3,(H,30,33)/b15-11+. The van der Waals surface area contributed by atoms with Gasteiger partial charge in [-0.05, 0) is 72.2 Å². The summed E-state index contributed by atoms with van der Waals surface area (Å²) < 4.78 is 5.52. The van der Waals surface area contributed by atoms with E-state index in [0.29, 0.717) is 22.9 Å². The van der Waals surface area contributed by atoms with E-state index in [1.165, 1.54) is 23.3 Å². The van der Waals surface area contributed by atoms with E-state index < -0.39 is 0 Å². The van der Waals surface area contributed by atoms with Crippen LogP contribution in [0.3, 0.4) is 0 Å². The fourth-order valence-corrected chi connectivity index (χ4v) is 4.67. The van der Waals surface area contributed by atoms with Crippen LogP contribution in [0.2, 0.25) is 0 Å². The molecule has 1 saturated heterocycles. The second-order valence-electron chi connectivity index (χ2n) is 8.88. The van der Waals surface area contributed by atoms with E-state index in [-0.39, 0.29) is 16.5 Å². The normalized spacial score (nSPS) is 14.1. The Morgan fingerprint density at radius 2 is 1.83 bits per heavy atom. The van der Waals surface area contributed by atoms with E-state index in [1.54, 1.807) is 19.3 Å². The molecular weight excluding hydrogens is 454 g/mol. The van der Waals surface area contributed by atoms with Crippen molar-refractivity contribution in [3.63, 3.8) is 0 Å². The molecule has 1 aliphatic rings. The lowest BCUT2D eigenvalue weighted by molar-refractivity contribution is -0.384. The number of hydrogen-bond acceptors (Lipinski definition) is 5. The third-order valence-corrected chi connectivity index (χ3v) is 6.67. The minimum absolute atomic E-state index is 0.0449. The van der Waals surface area contributed by atoms with Crippen LogP contribution in [0, 0.1) is 10.1 Å². The van der Waals surface area contributed by atoms with E-state index in [1.807, 2.05) is 48.5 Å². The van der Waals surface area contributed by atoms with Crippen molar-refractivity contribution in [3.8, 4) is 5.75 Å². The van der Waals surface area contributed by atoms with E-state index >= 15 is 0 Å². The third-order valence-electron chi connectivity index (χ3n) is 6.67. The van der Waals surface area contributed by atoms with E-state index in [0.717, 1.165) is 38.1 Å². The lowest BCUT2D eigenvalue weighted by atomic mass is 9.88. The molecule has 1 fully saturated rings. The molecule has 4 rings (SSSR count). The number of nitrogens with one attached hydrogen (secondary N) is 1. The molecule has 0 aliphatic carbocycles. The SMILES string of the molecule is CCc1ccc(NC(=O)/C=C/c2ccc(N3CCC(c4ccccc4OC)CC3)c([N+](=O)[O-])c2)cc1. The van der Waals surface area contributed by atoms with Crippen molar-refractivity contribution in [2.75, 3.05) is 30.4 Å². The molecule has 0 bridgehead atoms. The van der Waals surface area contributed by atoms with Crippen LogP contribution >= 0.6 is 0 Å². The quantitative estimate of drug-likeness (QED) is 0.233. The maximum atomic E-state index is 12.3. The highest BCUT2D eigenvalue weighted by Crippen LogP contribution is 2.38. The Bertz CT molecular complexity index is 1250. The summed E-state index contributed by atoms with van der Waals surface area (Å²) in [5, 5.41) is 14.7. The number of nitro benzene ring substituents is 1. The molecule has 0 unspecified atom stereocenters. The summed E-state index contributed by atoms with van der Waals surface area (Å²) in [6, 6.07) is 20.8. The smallest absolute Gasteiger partial charge is 0.293 e. The maximum Gasteiger partial charge on any atom is 0.293 e. The number of anilines is 2. The molecule has 1 amide bonds. The van der Waals surface area contributed by atoms with Crippen LogP contribution in [0.4, 0.5) is 17.1 Å². The van der Waals surface area contributed by atoms with Crippen molar-refractivity contribution in [1.82, 2.24) is 0 Å². The number of methoxy groups -OCH3 is 1. The van der Waals surface area contributed by atoms with Gasteiger partial charge in [-0.1, -0.05) is 43.3 Å². The van der Waals surface area contributed by atoms with Gasteiger partial charge >= 0.3 is 0 Å². The van der Waals surface area contributed by atoms with E-state index in [4.69, 9.17) is 4.74 Å². The molecule has 0 aromatic heterocycles. The Labute approximate surface area is 211 Å². The molecule has 3 aromatic rings. The number of amides is 1. The van der Waals surface area contributed by atoms with Gasteiger partial charge in [0.05, 0.1) is 12.0 Å². The van der Waals surface area contributed by atoms with Gasteiger partial charge in [-0.25, -0.2) is 0 Å². The second-order valence-corrected chi connectivity index (χ2v) is 8.88. The monoisotopic (exact) mass is 485 g/mol. The van der Waals surface area contributed by atoms with Crippen molar-refractivity contribution in [1.29, 1.82) is 0 Å². The number of carbonyl (C=O) groups excluding carboxylic acids is 1. The summed E-state index contributed by atoms with van der Waals surface area (Å²) in [5.41, 5.74) is 4.35. The number of carbonyl (C=O) groups is 1. The van der Waals surface area contributed by atoms with Gasteiger partial charge in [0, 0.05) is 30.9 Å². The van der Waals surface area contributed by atoms with Crippen LogP contribution in [-0.4, -0.2) is 31.0 Å². The molecule has 36 heavy (non-hydrogen) atoms. The third kappa shape index (κ3) is 5.92. The Balaban J connectivity index is 1.43. The number of hydrogen-bond donors (Lipinski definition) is 1. The van der Waals surface area contributed by atoms with Crippen molar-refractivity contribution in [2.24, 2.45) is 0 Å². The number of piperidine rings is 1. The molecule has 0 radical (unpaired) electrons. The lowest BCUT2D eigenvalue weighted by Crippen LogP contribution is -2.33. The summed E-state index contributed by atoms with van der Waals surface area (Å²) in [6.07, 6.45) is 5.70. The van der Waals surface area contributed by atoms with Gasteiger partial charge in [-0.15, -0.1) is 0 Å². The highest BCUT2D eigenvalue weighted by molar-refractivity contribution is 6.02. The number of benzene rings is 3. The molecule has 1 N–H and O–H groups in total. The molecular formula is C29H31N3O4. The average Bonchev–Trinajstić information content (AvgIpc) is 2.92. The van der Waals surface area contributed by atoms with Gasteiger partial charge < -0.3 is 15.0 Å². The first-order valence-corrected chi connectivity index (χ1v) is 12.2. The zero-order valence-electron chi connectivity index (χ0n) is 20.6. The molecule has 1 heterocycles. The van der Waals surface area contributed by atoms with E-state index in [9.17, 15) is 14.9 Å². The number of nitrogens with zero attached hydrogens (tertiary/aromatic N) is 2. The minimum atomic E-state index is -0.353. The molecule has 7 heteroatoms. The second kappa shape index (κ2) is 11.5. The predicted molar refractivity (Wildman–Crippen MR) is 144 cm³/mol. The van der Waals surface area contributed by atoms with Crippen LogP contribution in [0.1, 0.15) is 42.4 Å². The summed E-state index contributed by atoms with van der Waals surface area (Å²) in [7, 11) is 1.68. The van der Waals surface area contributed by atoms with Crippen LogP contribution in [0.5, 0.6) is 5.75 Å². The zero-order valence-corrected chi connectivity index (χ0v) is 20.6. The van der Waals surface area contributed by atoms with Crippen molar-refractivity contribution >= 4 is 29.0 Å². The van der Waals surface area contributed by atoms with Crippen molar-refractivity contribution < 1.29 is 14.5 Å². The molecule has 7 nitrogen and oxygen atoms in total. The molecule has 0 atom stereocenters. The number of rotatable bonds is 8. The molecule has 1 aliphatic heterocycles. The highest BCUT2D eigenvalue weighted by Gasteiger charge is 2.27. The molecule has 0 saturated carbocycles. The Hall–Kier alpha value is -4.13. The first-order chi connectivity index (χ1) is 17.5. The largest absolute Gasteiger partial charge is 0.496 e. The van der Waals surface area contributed by atoms with Gasteiger partial charge in [0.2, 0.25) is 5.91 Å². The maximum absolute atomic E-state index is 12.3. The van der Waals surface area contributed by atoms with Gasteiger partial charge in [0.25, 0.3) is 5.69 Å². The zero-order chi connectivity index (χ0) is 25.5. The number of nitro groups is 1. The fraction of sp³-hybridized carbons (Fsp3) is 0.276. The summed E-state index contributed by atoms with van der Waals surface area (Å²) >= 11 is 0. The number of para-hydroxylation sites is 1. The summed E-state index contributed by atoms with van der Waals surface area (Å²) in [4.78, 5) is 25.9. The summed E-state index contributed by atoms with van der Waals surface area (Å²) in [6.45, 7) is 3.51. The molecule has 0 spiro atoms. The Morgan fingerprint density at radius 3 is 2.50 bits per heavy atom. The van der Waals surface area contributed by atoms with Crippen LogP contribution in [0.15, 0.2) is 72.8 Å². The number of ether oxygens (including phenoxy) is 1. The summed E-state index contributed by atoms with van der Waals surface area (Å²) in [5.74, 6) is 0.958. The fourth-order valence-electron chi connectivity index (χ4n) is 4.67. The first-order valence-electron chi connectivity index (χ1n) is 12.2. The highest BCUT2D eigenvalue weighted by atomic mass is 16.6. The molecule has 3 aromatic carbocycles. The predicted octanol–water partition coefficient (Wildman–Crippen LogP) is 6.20. The topological polar surface area (TPSA) is 84.7 Å². The minimum Gasteiger partial charge on any atom is -0.496 e.